The van der Waals surface area contributed by atoms with Crippen LogP contribution in [0.5, 0.6) is 5.75 Å². The zero-order valence-corrected chi connectivity index (χ0v) is 11.2. The number of benzene rings is 1. The summed E-state index contributed by atoms with van der Waals surface area (Å²) < 4.78 is 5.09. The molecule has 104 valence electrons. The highest BCUT2D eigenvalue weighted by Crippen LogP contribution is 2.20. The van der Waals surface area contributed by atoms with Crippen LogP contribution in [0.3, 0.4) is 0 Å². The van der Waals surface area contributed by atoms with Crippen LogP contribution >= 0.6 is 11.6 Å². The molecule has 3 N–H and O–H groups in total. The minimum absolute atomic E-state index is 0.0478. The molecule has 20 heavy (non-hydrogen) atoms. The average Bonchev–Trinajstić information content (AvgIpc) is 2.85. The number of halogens is 1. The SMILES string of the molecule is Cc1ccc(C(=O)NNC(=O)c2cc(Cl)ccc2O)o1. The first-order valence-corrected chi connectivity index (χ1v) is 6.01. The number of carbonyl (C=O) groups is 2. The Labute approximate surface area is 119 Å². The van der Waals surface area contributed by atoms with E-state index in [4.69, 9.17) is 16.0 Å². The predicted molar refractivity (Wildman–Crippen MR) is 71.5 cm³/mol. The Morgan fingerprint density at radius 2 is 1.85 bits per heavy atom. The quantitative estimate of drug-likeness (QED) is 0.739. The third-order valence-corrected chi connectivity index (χ3v) is 2.69. The summed E-state index contributed by atoms with van der Waals surface area (Å²) in [6, 6.07) is 7.12. The van der Waals surface area contributed by atoms with E-state index in [-0.39, 0.29) is 17.1 Å². The van der Waals surface area contributed by atoms with Gasteiger partial charge >= 0.3 is 5.91 Å². The van der Waals surface area contributed by atoms with E-state index in [9.17, 15) is 14.7 Å². The zero-order valence-electron chi connectivity index (χ0n) is 10.4. The molecule has 0 bridgehead atoms. The van der Waals surface area contributed by atoms with Crippen molar-refractivity contribution in [2.75, 3.05) is 0 Å². The van der Waals surface area contributed by atoms with Gasteiger partial charge in [0.25, 0.3) is 5.91 Å². The van der Waals surface area contributed by atoms with Crippen molar-refractivity contribution in [2.45, 2.75) is 6.92 Å². The van der Waals surface area contributed by atoms with Crippen LogP contribution in [0.4, 0.5) is 0 Å². The zero-order chi connectivity index (χ0) is 14.7. The summed E-state index contributed by atoms with van der Waals surface area (Å²) in [4.78, 5) is 23.4. The molecule has 2 rings (SSSR count). The Morgan fingerprint density at radius 1 is 1.15 bits per heavy atom. The molecule has 7 heteroatoms. The number of hydrogen-bond acceptors (Lipinski definition) is 4. The normalized spacial score (nSPS) is 10.1. The lowest BCUT2D eigenvalue weighted by molar-refractivity contribution is 0.0828. The van der Waals surface area contributed by atoms with Gasteiger partial charge in [-0.1, -0.05) is 11.6 Å². The third kappa shape index (κ3) is 3.10. The number of phenolic OH excluding ortho intramolecular Hbond substituents is 1. The second-order valence-corrected chi connectivity index (χ2v) is 4.42. The van der Waals surface area contributed by atoms with Crippen molar-refractivity contribution in [3.8, 4) is 5.75 Å². The van der Waals surface area contributed by atoms with Gasteiger partial charge in [-0.15, -0.1) is 0 Å². The van der Waals surface area contributed by atoms with Crippen molar-refractivity contribution in [1.29, 1.82) is 0 Å². The fraction of sp³-hybridized carbons (Fsp3) is 0.0769. The highest BCUT2D eigenvalue weighted by atomic mass is 35.5. The number of carbonyl (C=O) groups excluding carboxylic acids is 2. The van der Waals surface area contributed by atoms with Crippen LogP contribution in [0.25, 0.3) is 0 Å². The van der Waals surface area contributed by atoms with Gasteiger partial charge in [-0.25, -0.2) is 0 Å². The van der Waals surface area contributed by atoms with Gasteiger partial charge in [-0.3, -0.25) is 20.4 Å². The lowest BCUT2D eigenvalue weighted by atomic mass is 10.2. The maximum absolute atomic E-state index is 11.8. The maximum atomic E-state index is 11.8. The summed E-state index contributed by atoms with van der Waals surface area (Å²) in [5.74, 6) is -0.892. The monoisotopic (exact) mass is 294 g/mol. The van der Waals surface area contributed by atoms with E-state index in [1.54, 1.807) is 13.0 Å². The van der Waals surface area contributed by atoms with E-state index in [2.05, 4.69) is 10.9 Å². The van der Waals surface area contributed by atoms with Gasteiger partial charge < -0.3 is 9.52 Å². The van der Waals surface area contributed by atoms with Gasteiger partial charge in [-0.05, 0) is 37.3 Å². The number of rotatable bonds is 2. The largest absolute Gasteiger partial charge is 0.507 e. The number of aromatic hydroxyl groups is 1. The van der Waals surface area contributed by atoms with Crippen LogP contribution in [0.15, 0.2) is 34.7 Å². The molecule has 0 aliphatic heterocycles. The Balaban J connectivity index is 2.02. The minimum atomic E-state index is -0.693. The summed E-state index contributed by atoms with van der Waals surface area (Å²) >= 11 is 5.73. The van der Waals surface area contributed by atoms with Crippen LogP contribution < -0.4 is 10.9 Å². The molecule has 0 aliphatic rings. The molecule has 0 atom stereocenters. The number of furan rings is 1. The maximum Gasteiger partial charge on any atom is 0.305 e. The summed E-state index contributed by atoms with van der Waals surface area (Å²) in [5.41, 5.74) is 4.28. The van der Waals surface area contributed by atoms with Gasteiger partial charge in [-0.2, -0.15) is 0 Å². The lowest BCUT2D eigenvalue weighted by Crippen LogP contribution is -2.41. The number of phenols is 1. The molecule has 2 amide bonds. The van der Waals surface area contributed by atoms with Crippen LogP contribution in [-0.4, -0.2) is 16.9 Å². The van der Waals surface area contributed by atoms with Crippen molar-refractivity contribution in [1.82, 2.24) is 10.9 Å². The fourth-order valence-electron chi connectivity index (χ4n) is 1.49. The molecule has 0 aliphatic carbocycles. The van der Waals surface area contributed by atoms with Gasteiger partial charge in [0.15, 0.2) is 5.76 Å². The van der Waals surface area contributed by atoms with Crippen molar-refractivity contribution in [3.63, 3.8) is 0 Å². The van der Waals surface area contributed by atoms with Gasteiger partial charge in [0.1, 0.15) is 11.5 Å². The average molecular weight is 295 g/mol. The molecule has 0 saturated heterocycles. The molecule has 2 aromatic rings. The number of hydrogen-bond donors (Lipinski definition) is 3. The number of hydrazine groups is 1. The molecular formula is C13H11ClN2O4. The summed E-state index contributed by atoms with van der Waals surface area (Å²) in [5, 5.41) is 9.83. The lowest BCUT2D eigenvalue weighted by Gasteiger charge is -2.07. The van der Waals surface area contributed by atoms with Crippen LogP contribution in [0.1, 0.15) is 26.7 Å². The molecule has 6 nitrogen and oxygen atoms in total. The van der Waals surface area contributed by atoms with Gasteiger partial charge in [0.2, 0.25) is 0 Å². The molecule has 0 saturated carbocycles. The Morgan fingerprint density at radius 3 is 2.50 bits per heavy atom. The van der Waals surface area contributed by atoms with E-state index in [0.29, 0.717) is 10.8 Å². The molecule has 0 spiro atoms. The molecular weight excluding hydrogens is 284 g/mol. The predicted octanol–water partition coefficient (Wildman–Crippen LogP) is 2.02. The summed E-state index contributed by atoms with van der Waals surface area (Å²) in [6.07, 6.45) is 0. The second kappa shape index (κ2) is 5.66. The Hall–Kier alpha value is -2.47. The van der Waals surface area contributed by atoms with E-state index >= 15 is 0 Å². The Bertz CT molecular complexity index is 666. The van der Waals surface area contributed by atoms with Crippen LogP contribution in [0, 0.1) is 6.92 Å². The van der Waals surface area contributed by atoms with Crippen molar-refractivity contribution < 1.29 is 19.1 Å². The van der Waals surface area contributed by atoms with Crippen molar-refractivity contribution in [2.24, 2.45) is 0 Å². The number of amides is 2. The smallest absolute Gasteiger partial charge is 0.305 e. The van der Waals surface area contributed by atoms with E-state index in [1.807, 2.05) is 0 Å². The molecule has 1 heterocycles. The highest BCUT2D eigenvalue weighted by molar-refractivity contribution is 6.31. The fourth-order valence-corrected chi connectivity index (χ4v) is 1.66. The topological polar surface area (TPSA) is 91.6 Å². The molecule has 0 unspecified atom stereocenters. The first-order chi connectivity index (χ1) is 9.47. The van der Waals surface area contributed by atoms with Crippen molar-refractivity contribution in [3.05, 3.63) is 52.4 Å². The van der Waals surface area contributed by atoms with E-state index < -0.39 is 11.8 Å². The van der Waals surface area contributed by atoms with Gasteiger partial charge in [0.05, 0.1) is 5.56 Å². The second-order valence-electron chi connectivity index (χ2n) is 3.98. The first-order valence-electron chi connectivity index (χ1n) is 5.63. The number of aryl methyl sites for hydroxylation is 1. The van der Waals surface area contributed by atoms with E-state index in [0.717, 1.165) is 0 Å². The minimum Gasteiger partial charge on any atom is -0.507 e. The molecule has 0 radical (unpaired) electrons. The number of nitrogens with one attached hydrogen (secondary N) is 2. The Kier molecular flexibility index (Phi) is 3.95. The van der Waals surface area contributed by atoms with Crippen molar-refractivity contribution >= 4 is 23.4 Å². The summed E-state index contributed by atoms with van der Waals surface area (Å²) in [7, 11) is 0. The molecule has 0 fully saturated rings. The molecule has 1 aromatic carbocycles. The summed E-state index contributed by atoms with van der Waals surface area (Å²) in [6.45, 7) is 1.69. The van der Waals surface area contributed by atoms with Crippen LogP contribution in [-0.2, 0) is 0 Å². The third-order valence-electron chi connectivity index (χ3n) is 2.46. The van der Waals surface area contributed by atoms with Crippen LogP contribution in [0.2, 0.25) is 5.02 Å². The first kappa shape index (κ1) is 14.0. The molecule has 1 aromatic heterocycles. The van der Waals surface area contributed by atoms with Gasteiger partial charge in [0, 0.05) is 5.02 Å². The highest BCUT2D eigenvalue weighted by Gasteiger charge is 2.14. The van der Waals surface area contributed by atoms with E-state index in [1.165, 1.54) is 24.3 Å². The standard InChI is InChI=1S/C13H11ClN2O4/c1-7-2-5-11(20-7)13(19)16-15-12(18)9-6-8(14)3-4-10(9)17/h2-6,17H,1H3,(H,15,18)(H,16,19).